The van der Waals surface area contributed by atoms with E-state index in [-0.39, 0.29) is 11.8 Å². The molecule has 0 aliphatic heterocycles. The maximum Gasteiger partial charge on any atom is 0.160 e. The zero-order valence-electron chi connectivity index (χ0n) is 36.8. The van der Waals surface area contributed by atoms with Gasteiger partial charge in [-0.2, -0.15) is 0 Å². The molecule has 0 saturated heterocycles. The summed E-state index contributed by atoms with van der Waals surface area (Å²) in [5.41, 5.74) is 21.7. The second-order valence-corrected chi connectivity index (χ2v) is 17.5. The molecule has 2 atom stereocenters. The van der Waals surface area contributed by atoms with Gasteiger partial charge in [0, 0.05) is 81.1 Å². The van der Waals surface area contributed by atoms with Crippen LogP contribution in [-0.4, -0.2) is 29.9 Å². The van der Waals surface area contributed by atoms with Crippen LogP contribution in [0.15, 0.2) is 231 Å². The van der Waals surface area contributed by atoms with Crippen LogP contribution in [0.2, 0.25) is 0 Å². The smallest absolute Gasteiger partial charge is 0.160 e. The highest BCUT2D eigenvalue weighted by atomic mass is 14.9. The summed E-state index contributed by atoms with van der Waals surface area (Å²) < 4.78 is 0. The first-order valence-electron chi connectivity index (χ1n) is 23.0. The lowest BCUT2D eigenvalue weighted by molar-refractivity contribution is 0.754. The summed E-state index contributed by atoms with van der Waals surface area (Å²) in [7, 11) is 0. The van der Waals surface area contributed by atoms with Gasteiger partial charge < -0.3 is 0 Å². The molecule has 11 aromatic rings. The predicted molar refractivity (Wildman–Crippen MR) is 271 cm³/mol. The summed E-state index contributed by atoms with van der Waals surface area (Å²) in [6.45, 7) is 0. The van der Waals surface area contributed by atoms with Crippen molar-refractivity contribution in [2.75, 3.05) is 0 Å². The van der Waals surface area contributed by atoms with Crippen LogP contribution in [0.4, 0.5) is 0 Å². The van der Waals surface area contributed by atoms with E-state index in [1.165, 1.54) is 33.4 Å². The van der Waals surface area contributed by atoms with Crippen LogP contribution >= 0.6 is 0 Å². The van der Waals surface area contributed by atoms with Gasteiger partial charge in [0.25, 0.3) is 0 Å². The predicted octanol–water partition coefficient (Wildman–Crippen LogP) is 14.4. The van der Waals surface area contributed by atoms with Crippen molar-refractivity contribution in [2.24, 2.45) is 0 Å². The standard InChI is InChI=1S/C62H40N6/c1-3-13-39(14-4-1)55-35-57(43-19-9-17-41(31-43)47-21-11-29-63-37-47)67-61(65-55)45-25-27-51-53(33-45)59-49-23-7-8-24-50(49)60(51)54-34-46(26-28-52(54)59)62-66-56(40-15-5-2-6-16-40)36-58(68-62)44-20-10-18-42(32-44)48-22-12-30-64-38-48/h1-38,59-60H/t59-,60?/m1/s1. The summed E-state index contributed by atoms with van der Waals surface area (Å²) in [5.74, 6) is 1.45. The molecule has 6 nitrogen and oxygen atoms in total. The van der Waals surface area contributed by atoms with E-state index in [1.807, 2.05) is 36.7 Å². The first kappa shape index (κ1) is 39.4. The summed E-state index contributed by atoms with van der Waals surface area (Å²) in [5, 5.41) is 0. The molecule has 4 aromatic heterocycles. The van der Waals surface area contributed by atoms with E-state index in [0.717, 1.165) is 78.4 Å². The highest BCUT2D eigenvalue weighted by Gasteiger charge is 2.41. The fraction of sp³-hybridized carbons (Fsp3) is 0.0323. The summed E-state index contributed by atoms with van der Waals surface area (Å²) in [6.07, 6.45) is 7.40. The third-order valence-corrected chi connectivity index (χ3v) is 13.4. The molecule has 4 heterocycles. The number of hydrogen-bond donors (Lipinski definition) is 0. The van der Waals surface area contributed by atoms with Crippen molar-refractivity contribution in [3.63, 3.8) is 0 Å². The molecule has 6 heteroatoms. The zero-order chi connectivity index (χ0) is 45.0. The number of hydrogen-bond acceptors (Lipinski definition) is 6. The molecule has 0 radical (unpaired) electrons. The lowest BCUT2D eigenvalue weighted by atomic mass is 9.61. The summed E-state index contributed by atoms with van der Waals surface area (Å²) >= 11 is 0. The van der Waals surface area contributed by atoms with Gasteiger partial charge in [0.1, 0.15) is 0 Å². The third kappa shape index (κ3) is 6.98. The SMILES string of the molecule is c1ccc(-c2cc(-c3cccc(-c4cccnc4)c3)nc(-c3ccc4c(c3)C3c5ccccc5[C@H]4c4cc(-c5nc(-c6ccccc6)cc(-c6cccc(-c7cccnc7)c6)n5)ccc43)n2)cc1. The van der Waals surface area contributed by atoms with Gasteiger partial charge in [0.15, 0.2) is 11.6 Å². The lowest BCUT2D eigenvalue weighted by Crippen LogP contribution is -2.27. The van der Waals surface area contributed by atoms with E-state index in [0.29, 0.717) is 11.6 Å². The second-order valence-electron chi connectivity index (χ2n) is 17.5. The zero-order valence-corrected chi connectivity index (χ0v) is 36.8. The highest BCUT2D eigenvalue weighted by Crippen LogP contribution is 2.56. The highest BCUT2D eigenvalue weighted by molar-refractivity contribution is 5.80. The number of rotatable bonds is 8. The van der Waals surface area contributed by atoms with Crippen LogP contribution in [0.5, 0.6) is 0 Å². The molecule has 7 aromatic carbocycles. The van der Waals surface area contributed by atoms with Crippen LogP contribution in [0.1, 0.15) is 45.2 Å². The Morgan fingerprint density at radius 2 is 0.603 bits per heavy atom. The topological polar surface area (TPSA) is 77.3 Å². The van der Waals surface area contributed by atoms with Crippen molar-refractivity contribution in [2.45, 2.75) is 11.8 Å². The van der Waals surface area contributed by atoms with Crippen molar-refractivity contribution in [1.82, 2.24) is 29.9 Å². The molecule has 0 fully saturated rings. The average Bonchev–Trinajstić information content (AvgIpc) is 3.43. The van der Waals surface area contributed by atoms with E-state index >= 15 is 0 Å². The van der Waals surface area contributed by atoms with Crippen LogP contribution in [-0.2, 0) is 0 Å². The first-order valence-corrected chi connectivity index (χ1v) is 23.0. The van der Waals surface area contributed by atoms with Crippen LogP contribution < -0.4 is 0 Å². The minimum atomic E-state index is 0.0329. The fourth-order valence-electron chi connectivity index (χ4n) is 10.2. The molecular formula is C62H40N6. The largest absolute Gasteiger partial charge is 0.264 e. The maximum absolute atomic E-state index is 5.31. The Bertz CT molecular complexity index is 3440. The first-order chi connectivity index (χ1) is 33.7. The normalized spacial score (nSPS) is 14.2. The van der Waals surface area contributed by atoms with E-state index in [4.69, 9.17) is 19.9 Å². The van der Waals surface area contributed by atoms with E-state index in [9.17, 15) is 0 Å². The maximum atomic E-state index is 5.31. The van der Waals surface area contributed by atoms with Gasteiger partial charge in [-0.1, -0.05) is 158 Å². The number of pyridine rings is 2. The Morgan fingerprint density at radius 3 is 1.03 bits per heavy atom. The Labute approximate surface area is 394 Å². The van der Waals surface area contributed by atoms with E-state index in [1.54, 1.807) is 12.4 Å². The minimum absolute atomic E-state index is 0.0329. The van der Waals surface area contributed by atoms with Gasteiger partial charge in [0.2, 0.25) is 0 Å². The number of nitrogens with zero attached hydrogens (tertiary/aromatic N) is 6. The van der Waals surface area contributed by atoms with Gasteiger partial charge in [-0.25, -0.2) is 19.9 Å². The third-order valence-electron chi connectivity index (χ3n) is 13.4. The van der Waals surface area contributed by atoms with Gasteiger partial charge in [-0.15, -0.1) is 0 Å². The number of benzene rings is 7. The lowest BCUT2D eigenvalue weighted by Gasteiger charge is -2.42. The van der Waals surface area contributed by atoms with Gasteiger partial charge in [0.05, 0.1) is 22.8 Å². The average molecular weight is 869 g/mol. The number of aromatic nitrogens is 6. The molecule has 0 amide bonds. The molecule has 0 spiro atoms. The molecule has 3 aliphatic carbocycles. The Hall–Kier alpha value is -9.00. The molecule has 3 aliphatic rings. The Morgan fingerprint density at radius 1 is 0.235 bits per heavy atom. The van der Waals surface area contributed by atoms with E-state index in [2.05, 4.69) is 192 Å². The van der Waals surface area contributed by atoms with E-state index < -0.39 is 0 Å². The van der Waals surface area contributed by atoms with Crippen molar-refractivity contribution < 1.29 is 0 Å². The summed E-state index contributed by atoms with van der Waals surface area (Å²) in [6, 6.07) is 72.8. The van der Waals surface area contributed by atoms with Crippen LogP contribution in [0.25, 0.3) is 90.1 Å². The van der Waals surface area contributed by atoms with Gasteiger partial charge >= 0.3 is 0 Å². The Kier molecular flexibility index (Phi) is 9.53. The minimum Gasteiger partial charge on any atom is -0.264 e. The molecule has 2 bridgehead atoms. The molecule has 318 valence electrons. The molecule has 1 unspecified atom stereocenters. The van der Waals surface area contributed by atoms with Gasteiger partial charge in [-0.3, -0.25) is 9.97 Å². The molecule has 0 saturated carbocycles. The van der Waals surface area contributed by atoms with Crippen molar-refractivity contribution in [1.29, 1.82) is 0 Å². The van der Waals surface area contributed by atoms with Crippen molar-refractivity contribution >= 4 is 0 Å². The van der Waals surface area contributed by atoms with Gasteiger partial charge in [-0.05, 0) is 93.0 Å². The Balaban J connectivity index is 0.922. The molecule has 0 N–H and O–H groups in total. The van der Waals surface area contributed by atoms with Crippen molar-refractivity contribution in [3.8, 4) is 90.1 Å². The quantitative estimate of drug-likeness (QED) is 0.151. The molecular weight excluding hydrogens is 829 g/mol. The second kappa shape index (κ2) is 16.5. The molecule has 68 heavy (non-hydrogen) atoms. The van der Waals surface area contributed by atoms with Crippen LogP contribution in [0, 0.1) is 0 Å². The molecule has 14 rings (SSSR count). The monoisotopic (exact) mass is 868 g/mol. The van der Waals surface area contributed by atoms with Crippen LogP contribution in [0.3, 0.4) is 0 Å². The van der Waals surface area contributed by atoms with Crippen molar-refractivity contribution in [3.05, 3.63) is 264 Å². The summed E-state index contributed by atoms with van der Waals surface area (Å²) in [4.78, 5) is 29.9. The fourth-order valence-corrected chi connectivity index (χ4v) is 10.2.